The number of anilines is 1. The van der Waals surface area contributed by atoms with Gasteiger partial charge in [0.2, 0.25) is 0 Å². The summed E-state index contributed by atoms with van der Waals surface area (Å²) < 4.78 is 0. The van der Waals surface area contributed by atoms with Gasteiger partial charge in [-0.2, -0.15) is 11.8 Å². The van der Waals surface area contributed by atoms with Crippen molar-refractivity contribution in [2.75, 3.05) is 37.1 Å². The summed E-state index contributed by atoms with van der Waals surface area (Å²) in [4.78, 5) is 2.52. The molecule has 2 rings (SSSR count). The molecule has 0 bridgehead atoms. The van der Waals surface area contributed by atoms with Crippen LogP contribution in [0.1, 0.15) is 25.8 Å². The Morgan fingerprint density at radius 2 is 1.89 bits per heavy atom. The van der Waals surface area contributed by atoms with Gasteiger partial charge in [0.1, 0.15) is 0 Å². The van der Waals surface area contributed by atoms with Crippen molar-refractivity contribution in [1.29, 1.82) is 0 Å². The Kier molecular flexibility index (Phi) is 11.0. The molecule has 1 heterocycles. The molecule has 18 heavy (non-hydrogen) atoms. The molecule has 0 aromatic heterocycles. The molecule has 3 heteroatoms. The van der Waals surface area contributed by atoms with Gasteiger partial charge < -0.3 is 10.0 Å². The summed E-state index contributed by atoms with van der Waals surface area (Å²) in [5.41, 5.74) is 2.99. The number of fused-ring (bicyclic) bond motifs is 1. The van der Waals surface area contributed by atoms with Crippen molar-refractivity contribution in [3.8, 4) is 0 Å². The summed E-state index contributed by atoms with van der Waals surface area (Å²) >= 11 is 1.93. The van der Waals surface area contributed by atoms with E-state index >= 15 is 0 Å². The highest BCUT2D eigenvalue weighted by atomic mass is 32.2. The monoisotopic (exact) mass is 269 g/mol. The summed E-state index contributed by atoms with van der Waals surface area (Å²) in [5.74, 6) is 1.23. The summed E-state index contributed by atoms with van der Waals surface area (Å²) in [7, 11) is 1.00. The molecule has 1 N–H and O–H groups in total. The average molecular weight is 269 g/mol. The van der Waals surface area contributed by atoms with Crippen molar-refractivity contribution >= 4 is 17.4 Å². The van der Waals surface area contributed by atoms with Crippen LogP contribution in [0.5, 0.6) is 0 Å². The second-order valence-corrected chi connectivity index (χ2v) is 4.70. The maximum absolute atomic E-state index is 7.00. The lowest BCUT2D eigenvalue weighted by Crippen LogP contribution is -2.31. The van der Waals surface area contributed by atoms with Gasteiger partial charge in [-0.1, -0.05) is 32.0 Å². The quantitative estimate of drug-likeness (QED) is 0.909. The van der Waals surface area contributed by atoms with Gasteiger partial charge in [-0.25, -0.2) is 0 Å². The third kappa shape index (κ3) is 5.32. The van der Waals surface area contributed by atoms with E-state index in [0.717, 1.165) is 7.11 Å². The van der Waals surface area contributed by atoms with Gasteiger partial charge in [-0.3, -0.25) is 0 Å². The molecule has 0 spiro atoms. The number of aliphatic hydroxyl groups is 1. The van der Waals surface area contributed by atoms with Crippen LogP contribution in [0.15, 0.2) is 24.3 Å². The molecular formula is C15H27NOS. The number of rotatable bonds is 3. The number of nitrogens with zero attached hydrogens (tertiary/aromatic N) is 1. The molecule has 1 aliphatic rings. The molecule has 0 saturated carbocycles. The van der Waals surface area contributed by atoms with Gasteiger partial charge >= 0.3 is 0 Å². The lowest BCUT2D eigenvalue weighted by molar-refractivity contribution is 0.399. The normalized spacial score (nSPS) is 12.6. The molecular weight excluding hydrogens is 242 g/mol. The Bertz CT molecular complexity index is 304. The van der Waals surface area contributed by atoms with E-state index in [1.165, 1.54) is 42.9 Å². The highest BCUT2D eigenvalue weighted by Crippen LogP contribution is 2.26. The fourth-order valence-corrected chi connectivity index (χ4v) is 2.45. The van der Waals surface area contributed by atoms with Crippen LogP contribution >= 0.6 is 11.8 Å². The molecule has 0 unspecified atom stereocenters. The number of thioether (sulfide) groups is 1. The van der Waals surface area contributed by atoms with Gasteiger partial charge in [0.15, 0.2) is 0 Å². The first-order valence-electron chi connectivity index (χ1n) is 6.68. The predicted octanol–water partition coefficient (Wildman–Crippen LogP) is 3.44. The molecule has 0 radical (unpaired) electrons. The smallest absolute Gasteiger partial charge is 0.0399 e. The molecule has 0 saturated heterocycles. The average Bonchev–Trinajstić information content (AvgIpc) is 2.49. The van der Waals surface area contributed by atoms with Crippen molar-refractivity contribution in [1.82, 2.24) is 0 Å². The van der Waals surface area contributed by atoms with E-state index in [-0.39, 0.29) is 0 Å². The van der Waals surface area contributed by atoms with Gasteiger partial charge in [0, 0.05) is 31.6 Å². The van der Waals surface area contributed by atoms with Crippen LogP contribution in [0.2, 0.25) is 0 Å². The first kappa shape index (κ1) is 17.3. The summed E-state index contributed by atoms with van der Waals surface area (Å²) in [6, 6.07) is 8.82. The highest BCUT2D eigenvalue weighted by molar-refractivity contribution is 7.98. The van der Waals surface area contributed by atoms with Crippen LogP contribution in [0.4, 0.5) is 5.69 Å². The lowest BCUT2D eigenvalue weighted by atomic mass is 10.0. The van der Waals surface area contributed by atoms with Crippen LogP contribution in [-0.2, 0) is 6.42 Å². The molecule has 1 aliphatic heterocycles. The topological polar surface area (TPSA) is 23.5 Å². The van der Waals surface area contributed by atoms with E-state index in [0.29, 0.717) is 0 Å². The molecule has 0 amide bonds. The van der Waals surface area contributed by atoms with E-state index < -0.39 is 0 Å². The molecule has 104 valence electrons. The first-order chi connectivity index (χ1) is 8.92. The Balaban J connectivity index is 0.000000659. The van der Waals surface area contributed by atoms with Crippen molar-refractivity contribution in [2.24, 2.45) is 0 Å². The summed E-state index contributed by atoms with van der Waals surface area (Å²) in [5, 5.41) is 7.00. The maximum atomic E-state index is 7.00. The number of hydrogen-bond donors (Lipinski definition) is 1. The van der Waals surface area contributed by atoms with Crippen LogP contribution < -0.4 is 4.90 Å². The maximum Gasteiger partial charge on any atom is 0.0399 e. The SMILES string of the molecule is CC.CO.CSCCN1CCCc2ccccc21. The Hall–Kier alpha value is -0.670. The first-order valence-corrected chi connectivity index (χ1v) is 8.07. The number of aliphatic hydroxyl groups excluding tert-OH is 1. The molecule has 0 aliphatic carbocycles. The minimum atomic E-state index is 1.00. The highest BCUT2D eigenvalue weighted by Gasteiger charge is 2.14. The van der Waals surface area contributed by atoms with Gasteiger partial charge in [0.05, 0.1) is 0 Å². The van der Waals surface area contributed by atoms with E-state index in [1.54, 1.807) is 0 Å². The Morgan fingerprint density at radius 3 is 2.56 bits per heavy atom. The van der Waals surface area contributed by atoms with Crippen molar-refractivity contribution < 1.29 is 5.11 Å². The van der Waals surface area contributed by atoms with Crippen LogP contribution in [0, 0.1) is 0 Å². The van der Waals surface area contributed by atoms with Gasteiger partial charge in [0.25, 0.3) is 0 Å². The minimum Gasteiger partial charge on any atom is -0.400 e. The van der Waals surface area contributed by atoms with Gasteiger partial charge in [-0.15, -0.1) is 0 Å². The van der Waals surface area contributed by atoms with E-state index in [2.05, 4.69) is 35.4 Å². The van der Waals surface area contributed by atoms with Crippen LogP contribution in [0.25, 0.3) is 0 Å². The minimum absolute atomic E-state index is 1.00. The second kappa shape index (κ2) is 11.4. The number of para-hydroxylation sites is 1. The predicted molar refractivity (Wildman–Crippen MR) is 84.8 cm³/mol. The fraction of sp³-hybridized carbons (Fsp3) is 0.600. The lowest BCUT2D eigenvalue weighted by Gasteiger charge is -2.31. The zero-order chi connectivity index (χ0) is 13.8. The zero-order valence-electron chi connectivity index (χ0n) is 12.1. The van der Waals surface area contributed by atoms with E-state index in [4.69, 9.17) is 5.11 Å². The van der Waals surface area contributed by atoms with Crippen molar-refractivity contribution in [3.05, 3.63) is 29.8 Å². The molecule has 2 nitrogen and oxygen atoms in total. The van der Waals surface area contributed by atoms with E-state index in [9.17, 15) is 0 Å². The second-order valence-electron chi connectivity index (χ2n) is 3.71. The third-order valence-electron chi connectivity index (χ3n) is 2.77. The van der Waals surface area contributed by atoms with Crippen LogP contribution in [-0.4, -0.2) is 37.3 Å². The summed E-state index contributed by atoms with van der Waals surface area (Å²) in [6.45, 7) is 6.43. The largest absolute Gasteiger partial charge is 0.400 e. The fourth-order valence-electron chi connectivity index (χ4n) is 2.05. The zero-order valence-corrected chi connectivity index (χ0v) is 13.0. The Labute approximate surface area is 116 Å². The summed E-state index contributed by atoms with van der Waals surface area (Å²) in [6.07, 6.45) is 4.74. The third-order valence-corrected chi connectivity index (χ3v) is 3.36. The van der Waals surface area contributed by atoms with Crippen LogP contribution in [0.3, 0.4) is 0 Å². The van der Waals surface area contributed by atoms with E-state index in [1.807, 2.05) is 25.6 Å². The molecule has 1 aromatic carbocycles. The number of hydrogen-bond acceptors (Lipinski definition) is 3. The van der Waals surface area contributed by atoms with Crippen molar-refractivity contribution in [3.63, 3.8) is 0 Å². The Morgan fingerprint density at radius 1 is 1.22 bits per heavy atom. The number of benzene rings is 1. The van der Waals surface area contributed by atoms with Gasteiger partial charge in [-0.05, 0) is 30.7 Å². The standard InChI is InChI=1S/C12H17NS.C2H6.CH4O/c1-14-10-9-13-8-4-6-11-5-2-3-7-12(11)13;2*1-2/h2-3,5,7H,4,6,8-10H2,1H3;1-2H3;2H,1H3. The molecule has 0 fully saturated rings. The van der Waals surface area contributed by atoms with Crippen molar-refractivity contribution in [2.45, 2.75) is 26.7 Å². The number of aryl methyl sites for hydroxylation is 1. The molecule has 1 aromatic rings. The molecule has 0 atom stereocenters.